The minimum Gasteiger partial charge on any atom is -0.369 e. The van der Waals surface area contributed by atoms with Crippen LogP contribution >= 0.6 is 0 Å². The number of carbonyl (C=O) groups excluding carboxylic acids is 1. The zero-order valence-corrected chi connectivity index (χ0v) is 31.9. The fraction of sp³-hybridized carbons (Fsp3) is 0.286. The summed E-state index contributed by atoms with van der Waals surface area (Å²) in [6.45, 7) is 7.15. The quantitative estimate of drug-likeness (QED) is 0.0786. The molecule has 0 aliphatic heterocycles. The molecular formula is C42H41N5O4SSi. The van der Waals surface area contributed by atoms with Gasteiger partial charge in [0.2, 0.25) is 0 Å². The lowest BCUT2D eigenvalue weighted by Crippen LogP contribution is -2.20. The maximum absolute atomic E-state index is 13.6. The summed E-state index contributed by atoms with van der Waals surface area (Å²) in [5, 5.41) is 10.00. The minimum atomic E-state index is -3.87. The van der Waals surface area contributed by atoms with Crippen LogP contribution < -0.4 is 0 Å². The van der Waals surface area contributed by atoms with Crippen LogP contribution in [0, 0.1) is 28.7 Å². The molecule has 0 atom stereocenters. The van der Waals surface area contributed by atoms with Gasteiger partial charge in [0, 0.05) is 40.7 Å². The van der Waals surface area contributed by atoms with Crippen LogP contribution in [0.3, 0.4) is 0 Å². The molecule has 0 radical (unpaired) electrons. The molecule has 3 aromatic carbocycles. The molecule has 9 nitrogen and oxygen atoms in total. The molecule has 7 rings (SSSR count). The van der Waals surface area contributed by atoms with E-state index in [1.807, 2.05) is 48.5 Å². The Morgan fingerprint density at radius 2 is 1.58 bits per heavy atom. The molecule has 1 aliphatic carbocycles. The summed E-state index contributed by atoms with van der Waals surface area (Å²) < 4.78 is 37.0. The van der Waals surface area contributed by atoms with Crippen molar-refractivity contribution in [3.05, 3.63) is 125 Å². The van der Waals surface area contributed by atoms with E-state index in [4.69, 9.17) is 9.72 Å². The van der Waals surface area contributed by atoms with Crippen LogP contribution in [0.4, 0.5) is 0 Å². The molecule has 0 bridgehead atoms. The van der Waals surface area contributed by atoms with Gasteiger partial charge in [-0.05, 0) is 79.6 Å². The van der Waals surface area contributed by atoms with Crippen LogP contribution in [-0.2, 0) is 28.0 Å². The van der Waals surface area contributed by atoms with E-state index in [2.05, 4.69) is 46.7 Å². The molecule has 0 amide bonds. The third kappa shape index (κ3) is 7.74. The first-order chi connectivity index (χ1) is 25.5. The number of benzene rings is 3. The maximum atomic E-state index is 13.6. The largest absolute Gasteiger partial charge is 0.369 e. The van der Waals surface area contributed by atoms with Gasteiger partial charge in [0.25, 0.3) is 10.0 Å². The molecule has 1 saturated carbocycles. The maximum Gasteiger partial charge on any atom is 0.269 e. The number of fused-ring (bicyclic) bond motifs is 3. The van der Waals surface area contributed by atoms with Gasteiger partial charge < -0.3 is 9.30 Å². The van der Waals surface area contributed by atoms with Gasteiger partial charge in [-0.25, -0.2) is 22.4 Å². The number of imidazole rings is 1. The van der Waals surface area contributed by atoms with Crippen LogP contribution in [0.15, 0.2) is 102 Å². The molecule has 6 aromatic rings. The number of hydrogen-bond donors (Lipinski definition) is 0. The fourth-order valence-electron chi connectivity index (χ4n) is 6.97. The highest BCUT2D eigenvalue weighted by Gasteiger charge is 2.28. The number of ketones is 1. The summed E-state index contributed by atoms with van der Waals surface area (Å²) in [6.07, 6.45) is 7.36. The topological polar surface area (TPSA) is 120 Å². The molecule has 53 heavy (non-hydrogen) atoms. The van der Waals surface area contributed by atoms with E-state index in [1.54, 1.807) is 48.8 Å². The number of nitrogens with zero attached hydrogens (tertiary/aromatic N) is 5. The molecule has 0 saturated heterocycles. The van der Waals surface area contributed by atoms with E-state index >= 15 is 0 Å². The second-order valence-electron chi connectivity index (χ2n) is 14.7. The van der Waals surface area contributed by atoms with Gasteiger partial charge in [-0.2, -0.15) is 5.26 Å². The highest BCUT2D eigenvalue weighted by Crippen LogP contribution is 2.38. The Labute approximate surface area is 311 Å². The first-order valence-electron chi connectivity index (χ1n) is 17.9. The summed E-state index contributed by atoms with van der Waals surface area (Å²) in [5.41, 5.74) is 8.24. The van der Waals surface area contributed by atoms with E-state index in [-0.39, 0.29) is 23.3 Å². The van der Waals surface area contributed by atoms with Crippen LogP contribution in [0.1, 0.15) is 71.0 Å². The zero-order chi connectivity index (χ0) is 37.2. The third-order valence-electron chi connectivity index (χ3n) is 9.71. The van der Waals surface area contributed by atoms with Gasteiger partial charge in [0.05, 0.1) is 29.3 Å². The van der Waals surface area contributed by atoms with E-state index in [0.29, 0.717) is 46.6 Å². The Bertz CT molecular complexity index is 2490. The van der Waals surface area contributed by atoms with Crippen molar-refractivity contribution in [2.45, 2.75) is 75.9 Å². The van der Waals surface area contributed by atoms with Crippen molar-refractivity contribution in [3.63, 3.8) is 0 Å². The van der Waals surface area contributed by atoms with Crippen LogP contribution in [0.2, 0.25) is 19.6 Å². The Morgan fingerprint density at radius 1 is 0.906 bits per heavy atom. The van der Waals surface area contributed by atoms with E-state index in [1.165, 1.54) is 3.97 Å². The third-order valence-corrected chi connectivity index (χ3v) is 12.3. The average molecular weight is 740 g/mol. The fourth-order valence-corrected chi connectivity index (χ4v) is 8.81. The molecule has 0 N–H and O–H groups in total. The first kappa shape index (κ1) is 36.0. The van der Waals surface area contributed by atoms with Crippen LogP contribution in [0.5, 0.6) is 0 Å². The van der Waals surface area contributed by atoms with Crippen molar-refractivity contribution in [1.82, 2.24) is 18.5 Å². The van der Waals surface area contributed by atoms with Crippen LogP contribution in [-0.4, -0.2) is 40.8 Å². The highest BCUT2D eigenvalue weighted by molar-refractivity contribution is 7.90. The van der Waals surface area contributed by atoms with Crippen LogP contribution in [0.25, 0.3) is 22.1 Å². The molecule has 3 aromatic heterocycles. The van der Waals surface area contributed by atoms with Gasteiger partial charge in [-0.1, -0.05) is 68.0 Å². The number of rotatable bonds is 10. The van der Waals surface area contributed by atoms with Crippen molar-refractivity contribution >= 4 is 45.9 Å². The Balaban J connectivity index is 1.12. The molecule has 1 aliphatic rings. The molecule has 0 unspecified atom stereocenters. The molecule has 268 valence electrons. The van der Waals surface area contributed by atoms with Gasteiger partial charge in [0.15, 0.2) is 11.4 Å². The first-order valence-corrected chi connectivity index (χ1v) is 22.8. The molecule has 11 heteroatoms. The number of hydrogen-bond acceptors (Lipinski definition) is 7. The monoisotopic (exact) mass is 739 g/mol. The summed E-state index contributed by atoms with van der Waals surface area (Å²) in [4.78, 5) is 23.0. The van der Waals surface area contributed by atoms with Gasteiger partial charge >= 0.3 is 0 Å². The Morgan fingerprint density at radius 3 is 2.25 bits per heavy atom. The van der Waals surface area contributed by atoms with Gasteiger partial charge in [0.1, 0.15) is 26.0 Å². The van der Waals surface area contributed by atoms with E-state index < -0.39 is 18.1 Å². The normalized spacial score (nSPS) is 16.3. The predicted molar refractivity (Wildman–Crippen MR) is 208 cm³/mol. The second-order valence-corrected chi connectivity index (χ2v) is 21.3. The van der Waals surface area contributed by atoms with Crippen molar-refractivity contribution in [1.29, 1.82) is 5.26 Å². The van der Waals surface area contributed by atoms with Crippen molar-refractivity contribution in [2.24, 2.45) is 5.92 Å². The Kier molecular flexibility index (Phi) is 10.2. The van der Waals surface area contributed by atoms with Crippen molar-refractivity contribution in [3.8, 4) is 17.5 Å². The SMILES string of the molecule is C[Si](C)(C)C#Cc1ccc(C(=O)c2ccc(COCc3nc4cnc5c(ccn5S(=O)(=O)c5ccccc5)c4n3C3CCC(CC#N)CC3)cc2)cc1. The smallest absolute Gasteiger partial charge is 0.269 e. The standard InChI is InChI=1S/C42H41N5O4SSi/c1-53(2,3)26-23-31-9-15-33(16-10-31)41(48)34-17-11-32(12-18-34)28-51-29-39-45-38-27-44-42-37(22-25-46(42)52(49,50)36-7-5-4-6-8-36)40(38)47(39)35-19-13-30(14-20-35)21-24-43/h4-12,15-18,22,25,27,30,35H,13-14,19-21,28-29H2,1-3H3. The zero-order valence-electron chi connectivity index (χ0n) is 30.1. The molecule has 3 heterocycles. The molecule has 0 spiro atoms. The minimum absolute atomic E-state index is 0.0503. The summed E-state index contributed by atoms with van der Waals surface area (Å²) in [6, 6.07) is 27.5. The second kappa shape index (κ2) is 15.0. The summed E-state index contributed by atoms with van der Waals surface area (Å²) in [5.74, 6) is 4.28. The lowest BCUT2D eigenvalue weighted by Gasteiger charge is -2.30. The number of aromatic nitrogens is 4. The van der Waals surface area contributed by atoms with E-state index in [9.17, 15) is 18.5 Å². The molecular weight excluding hydrogens is 699 g/mol. The molecule has 1 fully saturated rings. The van der Waals surface area contributed by atoms with Gasteiger partial charge in [-0.3, -0.25) is 4.79 Å². The van der Waals surface area contributed by atoms with E-state index in [0.717, 1.165) is 48.2 Å². The van der Waals surface area contributed by atoms with Crippen molar-refractivity contribution in [2.75, 3.05) is 0 Å². The lowest BCUT2D eigenvalue weighted by molar-refractivity contribution is 0.0970. The Hall–Kier alpha value is -5.33. The van der Waals surface area contributed by atoms with Gasteiger partial charge in [-0.15, -0.1) is 5.54 Å². The summed E-state index contributed by atoms with van der Waals surface area (Å²) >= 11 is 0. The highest BCUT2D eigenvalue weighted by atomic mass is 32.2. The summed E-state index contributed by atoms with van der Waals surface area (Å²) in [7, 11) is -5.35. The predicted octanol–water partition coefficient (Wildman–Crippen LogP) is 8.44. The number of nitriles is 1. The number of ether oxygens (including phenoxy) is 1. The average Bonchev–Trinajstić information content (AvgIpc) is 3.77. The lowest BCUT2D eigenvalue weighted by atomic mass is 9.84. The number of carbonyl (C=O) groups is 1. The van der Waals surface area contributed by atoms with Crippen molar-refractivity contribution < 1.29 is 17.9 Å². The number of pyridine rings is 1.